The van der Waals surface area contributed by atoms with Gasteiger partial charge >= 0.3 is 5.97 Å². The van der Waals surface area contributed by atoms with E-state index in [0.717, 1.165) is 17.7 Å². The van der Waals surface area contributed by atoms with Gasteiger partial charge in [-0.1, -0.05) is 25.1 Å². The summed E-state index contributed by atoms with van der Waals surface area (Å²) in [6.45, 7) is 2.47. The second kappa shape index (κ2) is 4.29. The second-order valence-electron chi connectivity index (χ2n) is 4.35. The van der Waals surface area contributed by atoms with Crippen molar-refractivity contribution in [1.82, 2.24) is 9.55 Å². The lowest BCUT2D eigenvalue weighted by Gasteiger charge is -2.27. The SMILES string of the molecule is CCc1cncn1[C@@H]1COC(=O)c2ccccc21. The number of hydrogen-bond acceptors (Lipinski definition) is 3. The molecule has 0 radical (unpaired) electrons. The molecule has 4 heteroatoms. The van der Waals surface area contributed by atoms with Gasteiger partial charge in [0.15, 0.2) is 0 Å². The number of aromatic nitrogens is 2. The van der Waals surface area contributed by atoms with Gasteiger partial charge in [-0.05, 0) is 18.1 Å². The van der Waals surface area contributed by atoms with Crippen molar-refractivity contribution in [3.8, 4) is 0 Å². The van der Waals surface area contributed by atoms with Gasteiger partial charge in [0.1, 0.15) is 6.61 Å². The van der Waals surface area contributed by atoms with E-state index in [9.17, 15) is 4.79 Å². The van der Waals surface area contributed by atoms with Gasteiger partial charge in [0.2, 0.25) is 0 Å². The summed E-state index contributed by atoms with van der Waals surface area (Å²) in [5.74, 6) is -0.236. The minimum Gasteiger partial charge on any atom is -0.460 e. The van der Waals surface area contributed by atoms with E-state index < -0.39 is 0 Å². The second-order valence-corrected chi connectivity index (χ2v) is 4.35. The third-order valence-corrected chi connectivity index (χ3v) is 3.36. The Morgan fingerprint density at radius 3 is 3.11 bits per heavy atom. The van der Waals surface area contributed by atoms with Crippen molar-refractivity contribution in [2.45, 2.75) is 19.4 Å². The smallest absolute Gasteiger partial charge is 0.338 e. The van der Waals surface area contributed by atoms with Crippen LogP contribution in [0.4, 0.5) is 0 Å². The summed E-state index contributed by atoms with van der Waals surface area (Å²) in [5.41, 5.74) is 2.82. The maximum atomic E-state index is 11.7. The minimum absolute atomic E-state index is 0.0383. The molecular formula is C14H14N2O2. The maximum absolute atomic E-state index is 11.7. The number of ether oxygens (including phenoxy) is 1. The highest BCUT2D eigenvalue weighted by Crippen LogP contribution is 2.28. The summed E-state index contributed by atoms with van der Waals surface area (Å²) in [7, 11) is 0. The molecular weight excluding hydrogens is 228 g/mol. The average Bonchev–Trinajstić information content (AvgIpc) is 2.88. The summed E-state index contributed by atoms with van der Waals surface area (Å²) in [6, 6.07) is 7.65. The molecule has 3 rings (SSSR count). The molecule has 0 N–H and O–H groups in total. The number of rotatable bonds is 2. The largest absolute Gasteiger partial charge is 0.460 e. The van der Waals surface area contributed by atoms with Crippen LogP contribution in [0, 0.1) is 0 Å². The summed E-state index contributed by atoms with van der Waals surface area (Å²) >= 11 is 0. The molecule has 1 aliphatic rings. The lowest BCUT2D eigenvalue weighted by Crippen LogP contribution is -2.27. The molecule has 1 atom stereocenters. The van der Waals surface area contributed by atoms with Gasteiger partial charge in [0, 0.05) is 11.9 Å². The van der Waals surface area contributed by atoms with E-state index in [2.05, 4.69) is 16.5 Å². The molecule has 0 unspecified atom stereocenters. The zero-order chi connectivity index (χ0) is 12.5. The number of carbonyl (C=O) groups excluding carboxylic acids is 1. The van der Waals surface area contributed by atoms with E-state index in [4.69, 9.17) is 4.74 Å². The van der Waals surface area contributed by atoms with Crippen LogP contribution in [-0.4, -0.2) is 22.1 Å². The number of aryl methyl sites for hydroxylation is 1. The zero-order valence-electron chi connectivity index (χ0n) is 10.2. The van der Waals surface area contributed by atoms with Crippen LogP contribution >= 0.6 is 0 Å². The molecule has 2 heterocycles. The molecule has 92 valence electrons. The molecule has 1 aromatic carbocycles. The summed E-state index contributed by atoms with van der Waals surface area (Å²) in [5, 5.41) is 0. The van der Waals surface area contributed by atoms with Gasteiger partial charge in [-0.15, -0.1) is 0 Å². The van der Waals surface area contributed by atoms with Crippen LogP contribution < -0.4 is 0 Å². The number of esters is 1. The number of fused-ring (bicyclic) bond motifs is 1. The Bertz CT molecular complexity index is 589. The molecule has 1 aromatic heterocycles. The van der Waals surface area contributed by atoms with Gasteiger partial charge in [0.05, 0.1) is 17.9 Å². The van der Waals surface area contributed by atoms with Crippen LogP contribution in [0.1, 0.15) is 34.6 Å². The molecule has 4 nitrogen and oxygen atoms in total. The van der Waals surface area contributed by atoms with Crippen molar-refractivity contribution >= 4 is 5.97 Å². The highest BCUT2D eigenvalue weighted by atomic mass is 16.5. The number of cyclic esters (lactones) is 1. The van der Waals surface area contributed by atoms with Crippen LogP contribution in [0.15, 0.2) is 36.8 Å². The number of carbonyl (C=O) groups is 1. The summed E-state index contributed by atoms with van der Waals surface area (Å²) in [6.07, 6.45) is 4.57. The van der Waals surface area contributed by atoms with E-state index in [0.29, 0.717) is 12.2 Å². The number of hydrogen-bond donors (Lipinski definition) is 0. The molecule has 0 bridgehead atoms. The predicted molar refractivity (Wildman–Crippen MR) is 66.5 cm³/mol. The van der Waals surface area contributed by atoms with Crippen molar-refractivity contribution < 1.29 is 9.53 Å². The highest BCUT2D eigenvalue weighted by Gasteiger charge is 2.28. The first-order valence-electron chi connectivity index (χ1n) is 6.08. The number of imidazole rings is 1. The van der Waals surface area contributed by atoms with Crippen molar-refractivity contribution in [2.24, 2.45) is 0 Å². The maximum Gasteiger partial charge on any atom is 0.338 e. The number of benzene rings is 1. The molecule has 2 aromatic rings. The minimum atomic E-state index is -0.236. The molecule has 0 aliphatic carbocycles. The Hall–Kier alpha value is -2.10. The first kappa shape index (κ1) is 11.0. The zero-order valence-corrected chi connectivity index (χ0v) is 10.2. The van der Waals surface area contributed by atoms with E-state index in [1.54, 1.807) is 6.33 Å². The Morgan fingerprint density at radius 1 is 1.44 bits per heavy atom. The molecule has 0 saturated heterocycles. The van der Waals surface area contributed by atoms with Gasteiger partial charge in [-0.3, -0.25) is 0 Å². The lowest BCUT2D eigenvalue weighted by atomic mass is 9.98. The van der Waals surface area contributed by atoms with Crippen molar-refractivity contribution in [3.63, 3.8) is 0 Å². The lowest BCUT2D eigenvalue weighted by molar-refractivity contribution is 0.0423. The third kappa shape index (κ3) is 1.61. The Labute approximate surface area is 105 Å². The Kier molecular flexibility index (Phi) is 2.63. The first-order chi connectivity index (χ1) is 8.81. The Morgan fingerprint density at radius 2 is 2.28 bits per heavy atom. The van der Waals surface area contributed by atoms with Gasteiger partial charge < -0.3 is 9.30 Å². The van der Waals surface area contributed by atoms with E-state index >= 15 is 0 Å². The van der Waals surface area contributed by atoms with Crippen LogP contribution in [0.2, 0.25) is 0 Å². The summed E-state index contributed by atoms with van der Waals surface area (Å²) < 4.78 is 7.34. The monoisotopic (exact) mass is 242 g/mol. The van der Waals surface area contributed by atoms with Gasteiger partial charge in [0.25, 0.3) is 0 Å². The van der Waals surface area contributed by atoms with E-state index in [1.165, 1.54) is 0 Å². The quantitative estimate of drug-likeness (QED) is 0.758. The van der Waals surface area contributed by atoms with Gasteiger partial charge in [-0.25, -0.2) is 9.78 Å². The fraction of sp³-hybridized carbons (Fsp3) is 0.286. The fourth-order valence-electron chi connectivity index (χ4n) is 2.41. The van der Waals surface area contributed by atoms with Crippen molar-refractivity contribution in [3.05, 3.63) is 53.6 Å². The first-order valence-corrected chi connectivity index (χ1v) is 6.08. The number of nitrogens with zero attached hydrogens (tertiary/aromatic N) is 2. The van der Waals surface area contributed by atoms with Crippen LogP contribution in [0.3, 0.4) is 0 Å². The molecule has 0 saturated carbocycles. The highest BCUT2D eigenvalue weighted by molar-refractivity contribution is 5.92. The molecule has 18 heavy (non-hydrogen) atoms. The van der Waals surface area contributed by atoms with Gasteiger partial charge in [-0.2, -0.15) is 0 Å². The van der Waals surface area contributed by atoms with Crippen LogP contribution in [0.5, 0.6) is 0 Å². The summed E-state index contributed by atoms with van der Waals surface area (Å²) in [4.78, 5) is 15.9. The molecule has 1 aliphatic heterocycles. The van der Waals surface area contributed by atoms with E-state index in [1.807, 2.05) is 30.5 Å². The topological polar surface area (TPSA) is 44.1 Å². The molecule has 0 fully saturated rings. The van der Waals surface area contributed by atoms with E-state index in [-0.39, 0.29) is 12.0 Å². The predicted octanol–water partition coefficient (Wildman–Crippen LogP) is 2.21. The molecule has 0 amide bonds. The van der Waals surface area contributed by atoms with Crippen LogP contribution in [-0.2, 0) is 11.2 Å². The van der Waals surface area contributed by atoms with Crippen LogP contribution in [0.25, 0.3) is 0 Å². The standard InChI is InChI=1S/C14H14N2O2/c1-2-10-7-15-9-16(10)13-8-18-14(17)12-6-4-3-5-11(12)13/h3-7,9,13H,2,8H2,1H3/t13-/m1/s1. The third-order valence-electron chi connectivity index (χ3n) is 3.36. The van der Waals surface area contributed by atoms with Crippen molar-refractivity contribution in [1.29, 1.82) is 0 Å². The fourth-order valence-corrected chi connectivity index (χ4v) is 2.41. The molecule has 0 spiro atoms. The van der Waals surface area contributed by atoms with Crippen molar-refractivity contribution in [2.75, 3.05) is 6.61 Å². The Balaban J connectivity index is 2.10. The normalized spacial score (nSPS) is 18.3. The average molecular weight is 242 g/mol.